The largest absolute Gasteiger partial charge is 0.360 e. The van der Waals surface area contributed by atoms with Gasteiger partial charge in [-0.05, 0) is 18.2 Å². The second-order valence-electron chi connectivity index (χ2n) is 5.13. The van der Waals surface area contributed by atoms with Gasteiger partial charge in [0.2, 0.25) is 5.95 Å². The van der Waals surface area contributed by atoms with Crippen molar-refractivity contribution in [3.05, 3.63) is 59.9 Å². The van der Waals surface area contributed by atoms with Crippen LogP contribution in [0.3, 0.4) is 0 Å². The van der Waals surface area contributed by atoms with Crippen LogP contribution in [0.5, 0.6) is 0 Å². The lowest BCUT2D eigenvalue weighted by Gasteiger charge is -2.25. The van der Waals surface area contributed by atoms with Crippen molar-refractivity contribution < 1.29 is 8.91 Å². The lowest BCUT2D eigenvalue weighted by atomic mass is 10.0. The van der Waals surface area contributed by atoms with E-state index >= 15 is 0 Å². The van der Waals surface area contributed by atoms with Gasteiger partial charge in [0.05, 0.1) is 6.54 Å². The fraction of sp³-hybridized carbons (Fsp3) is 0.188. The summed E-state index contributed by atoms with van der Waals surface area (Å²) in [6.45, 7) is 1.31. The molecular weight excluding hydrogens is 283 g/mol. The molecule has 22 heavy (non-hydrogen) atoms. The van der Waals surface area contributed by atoms with Gasteiger partial charge in [-0.15, -0.1) is 0 Å². The summed E-state index contributed by atoms with van der Waals surface area (Å²) >= 11 is 0. The highest BCUT2D eigenvalue weighted by molar-refractivity contribution is 5.65. The summed E-state index contributed by atoms with van der Waals surface area (Å²) in [6.07, 6.45) is 4.13. The van der Waals surface area contributed by atoms with Crippen molar-refractivity contribution in [2.45, 2.75) is 13.0 Å². The topological polar surface area (TPSA) is 55.1 Å². The Kier molecular flexibility index (Phi) is 3.07. The Morgan fingerprint density at radius 1 is 1.09 bits per heavy atom. The monoisotopic (exact) mass is 296 g/mol. The van der Waals surface area contributed by atoms with Crippen LogP contribution in [0, 0.1) is 5.82 Å². The Morgan fingerprint density at radius 2 is 1.91 bits per heavy atom. The zero-order chi connectivity index (χ0) is 14.9. The van der Waals surface area contributed by atoms with Crippen LogP contribution < -0.4 is 4.90 Å². The Morgan fingerprint density at radius 3 is 2.73 bits per heavy atom. The molecule has 0 spiro atoms. The summed E-state index contributed by atoms with van der Waals surface area (Å²) in [5.41, 5.74) is 1.93. The van der Waals surface area contributed by atoms with Crippen LogP contribution in [0.4, 0.5) is 10.3 Å². The normalized spacial score (nSPS) is 14.0. The van der Waals surface area contributed by atoms with Crippen molar-refractivity contribution in [2.24, 2.45) is 0 Å². The summed E-state index contributed by atoms with van der Waals surface area (Å²) < 4.78 is 19.4. The zero-order valence-corrected chi connectivity index (χ0v) is 11.7. The third-order valence-electron chi connectivity index (χ3n) is 3.79. The molecule has 5 nitrogen and oxygen atoms in total. The van der Waals surface area contributed by atoms with Gasteiger partial charge >= 0.3 is 0 Å². The first kappa shape index (κ1) is 12.9. The maximum Gasteiger partial charge on any atom is 0.225 e. The Bertz CT molecular complexity index is 803. The van der Waals surface area contributed by atoms with Gasteiger partial charge in [0, 0.05) is 36.5 Å². The highest BCUT2D eigenvalue weighted by atomic mass is 19.1. The third kappa shape index (κ3) is 2.13. The Labute approximate surface area is 126 Å². The molecule has 0 unspecified atom stereocenters. The van der Waals surface area contributed by atoms with Crippen LogP contribution in [0.25, 0.3) is 11.3 Å². The Balaban J connectivity index is 1.73. The third-order valence-corrected chi connectivity index (χ3v) is 3.79. The molecule has 2 aromatic heterocycles. The van der Waals surface area contributed by atoms with Crippen LogP contribution in [-0.4, -0.2) is 21.7 Å². The smallest absolute Gasteiger partial charge is 0.225 e. The first-order valence-electron chi connectivity index (χ1n) is 7.07. The fourth-order valence-corrected chi connectivity index (χ4v) is 2.70. The molecule has 6 heteroatoms. The highest BCUT2D eigenvalue weighted by Crippen LogP contribution is 2.32. The van der Waals surface area contributed by atoms with Crippen LogP contribution >= 0.6 is 0 Å². The van der Waals surface area contributed by atoms with Gasteiger partial charge < -0.3 is 9.42 Å². The number of anilines is 1. The van der Waals surface area contributed by atoms with Crippen molar-refractivity contribution in [1.29, 1.82) is 0 Å². The second-order valence-corrected chi connectivity index (χ2v) is 5.13. The van der Waals surface area contributed by atoms with Crippen LogP contribution in [0.2, 0.25) is 0 Å². The molecule has 0 amide bonds. The molecule has 1 aliphatic heterocycles. The molecule has 0 saturated carbocycles. The van der Waals surface area contributed by atoms with Crippen molar-refractivity contribution in [2.75, 3.05) is 11.4 Å². The van der Waals surface area contributed by atoms with Gasteiger partial charge in [-0.3, -0.25) is 0 Å². The number of aromatic nitrogens is 3. The van der Waals surface area contributed by atoms with E-state index in [1.165, 1.54) is 6.07 Å². The van der Waals surface area contributed by atoms with E-state index in [4.69, 9.17) is 4.52 Å². The van der Waals surface area contributed by atoms with Gasteiger partial charge in [0.25, 0.3) is 0 Å². The predicted octanol–water partition coefficient (Wildman–Crippen LogP) is 2.83. The summed E-state index contributed by atoms with van der Waals surface area (Å²) in [4.78, 5) is 10.6. The fourth-order valence-electron chi connectivity index (χ4n) is 2.70. The summed E-state index contributed by atoms with van der Waals surface area (Å²) in [6, 6.07) is 8.38. The van der Waals surface area contributed by atoms with Crippen molar-refractivity contribution >= 4 is 5.95 Å². The molecule has 0 aliphatic carbocycles. The summed E-state index contributed by atoms with van der Waals surface area (Å²) in [5.74, 6) is 1.17. The molecule has 110 valence electrons. The van der Waals surface area contributed by atoms with Gasteiger partial charge in [0.1, 0.15) is 17.3 Å². The summed E-state index contributed by atoms with van der Waals surface area (Å²) in [7, 11) is 0. The number of hydrogen-bond donors (Lipinski definition) is 0. The lowest BCUT2D eigenvalue weighted by Crippen LogP contribution is -2.31. The average molecular weight is 296 g/mol. The van der Waals surface area contributed by atoms with E-state index in [0.29, 0.717) is 30.2 Å². The van der Waals surface area contributed by atoms with Gasteiger partial charge in [-0.25, -0.2) is 14.4 Å². The first-order valence-corrected chi connectivity index (χ1v) is 7.07. The quantitative estimate of drug-likeness (QED) is 0.728. The van der Waals surface area contributed by atoms with E-state index in [0.717, 1.165) is 17.9 Å². The molecule has 4 rings (SSSR count). The predicted molar refractivity (Wildman–Crippen MR) is 78.7 cm³/mol. The van der Waals surface area contributed by atoms with Crippen molar-refractivity contribution in [1.82, 2.24) is 15.1 Å². The molecule has 0 radical (unpaired) electrons. The number of nitrogens with zero attached hydrogens (tertiary/aromatic N) is 4. The minimum absolute atomic E-state index is 0.299. The molecular formula is C16H13FN4O. The average Bonchev–Trinajstić information content (AvgIpc) is 2.99. The van der Waals surface area contributed by atoms with Crippen molar-refractivity contribution in [3.8, 4) is 11.3 Å². The number of halogens is 1. The lowest BCUT2D eigenvalue weighted by molar-refractivity contribution is 0.378. The summed E-state index contributed by atoms with van der Waals surface area (Å²) in [5, 5.41) is 4.07. The molecule has 0 N–H and O–H groups in total. The Hall–Kier alpha value is -2.76. The molecule has 3 heterocycles. The maximum atomic E-state index is 14.0. The molecule has 0 fully saturated rings. The number of fused-ring (bicyclic) bond motifs is 1. The van der Waals surface area contributed by atoms with Crippen LogP contribution in [0.15, 0.2) is 47.2 Å². The van der Waals surface area contributed by atoms with E-state index in [9.17, 15) is 4.39 Å². The SMILES string of the molecule is Fc1ccccc1-c1noc2c1CN(c1ncccn1)CC2. The van der Waals surface area contributed by atoms with Gasteiger partial charge in [-0.1, -0.05) is 17.3 Å². The van der Waals surface area contributed by atoms with E-state index in [2.05, 4.69) is 15.1 Å². The van der Waals surface area contributed by atoms with Crippen LogP contribution in [-0.2, 0) is 13.0 Å². The van der Waals surface area contributed by atoms with E-state index < -0.39 is 0 Å². The maximum absolute atomic E-state index is 14.0. The van der Waals surface area contributed by atoms with Crippen molar-refractivity contribution in [3.63, 3.8) is 0 Å². The number of hydrogen-bond acceptors (Lipinski definition) is 5. The molecule has 1 aliphatic rings. The minimum Gasteiger partial charge on any atom is -0.360 e. The minimum atomic E-state index is -0.299. The molecule has 0 saturated heterocycles. The number of benzene rings is 1. The molecule has 3 aromatic rings. The zero-order valence-electron chi connectivity index (χ0n) is 11.7. The van der Waals surface area contributed by atoms with E-state index in [1.54, 1.807) is 36.7 Å². The van der Waals surface area contributed by atoms with Gasteiger partial charge in [0.15, 0.2) is 0 Å². The second kappa shape index (κ2) is 5.22. The van der Waals surface area contributed by atoms with E-state index in [1.807, 2.05) is 4.90 Å². The molecule has 1 aromatic carbocycles. The molecule has 0 bridgehead atoms. The van der Waals surface area contributed by atoms with Crippen LogP contribution in [0.1, 0.15) is 11.3 Å². The van der Waals surface area contributed by atoms with E-state index in [-0.39, 0.29) is 5.82 Å². The first-order chi connectivity index (χ1) is 10.8. The number of rotatable bonds is 2. The standard InChI is InChI=1S/C16H13FN4O/c17-13-5-2-1-4-11(13)15-12-10-21(9-6-14(12)22-20-15)16-18-7-3-8-19-16/h1-5,7-8H,6,9-10H2. The highest BCUT2D eigenvalue weighted by Gasteiger charge is 2.27. The van der Waals surface area contributed by atoms with Gasteiger partial charge in [-0.2, -0.15) is 0 Å². The molecule has 0 atom stereocenters.